The van der Waals surface area contributed by atoms with Crippen LogP contribution in [0.3, 0.4) is 0 Å². The molecule has 0 fully saturated rings. The summed E-state index contributed by atoms with van der Waals surface area (Å²) in [7, 11) is 1.71. The summed E-state index contributed by atoms with van der Waals surface area (Å²) in [5.74, 6) is 0. The van der Waals surface area contributed by atoms with Gasteiger partial charge in [-0.15, -0.1) is 0 Å². The molecule has 0 aromatic heterocycles. The Hall–Kier alpha value is -0.120. The Morgan fingerprint density at radius 3 is 2.21 bits per heavy atom. The van der Waals surface area contributed by atoms with E-state index in [9.17, 15) is 5.11 Å². The van der Waals surface area contributed by atoms with Crippen LogP contribution in [0.2, 0.25) is 0 Å². The second-order valence-corrected chi connectivity index (χ2v) is 3.97. The van der Waals surface area contributed by atoms with Crippen LogP contribution in [0.5, 0.6) is 0 Å². The average Bonchev–Trinajstić information content (AvgIpc) is 2.17. The maximum Gasteiger partial charge on any atom is 0.0664 e. The lowest BCUT2D eigenvalue weighted by molar-refractivity contribution is 0.0288. The summed E-state index contributed by atoms with van der Waals surface area (Å²) in [6.45, 7) is 9.87. The molecule has 0 saturated heterocycles. The molecule has 1 N–H and O–H groups in total. The van der Waals surface area contributed by atoms with Crippen molar-refractivity contribution < 1.29 is 9.84 Å². The van der Waals surface area contributed by atoms with E-state index in [-0.39, 0.29) is 12.1 Å². The molecule has 0 aliphatic carbocycles. The van der Waals surface area contributed by atoms with Gasteiger partial charge in [-0.3, -0.25) is 4.90 Å². The minimum atomic E-state index is -0.291. The molecule has 0 rings (SSSR count). The molecular formula is C11H25NO2. The molecule has 0 aromatic rings. The number of hydrogen-bond donors (Lipinski definition) is 1. The molecule has 14 heavy (non-hydrogen) atoms. The molecule has 0 spiro atoms. The first-order valence-electron chi connectivity index (χ1n) is 5.47. The minimum Gasteiger partial charge on any atom is -0.392 e. The Morgan fingerprint density at radius 2 is 1.86 bits per heavy atom. The Labute approximate surface area is 88.1 Å². The molecule has 0 aliphatic rings. The average molecular weight is 203 g/mol. The number of rotatable bonds is 7. The van der Waals surface area contributed by atoms with Crippen LogP contribution in [0.1, 0.15) is 34.1 Å². The van der Waals surface area contributed by atoms with E-state index in [0.717, 1.165) is 19.6 Å². The maximum absolute atomic E-state index is 9.55. The summed E-state index contributed by atoms with van der Waals surface area (Å²) in [6, 6.07) is 0.690. The van der Waals surface area contributed by atoms with Crippen molar-refractivity contribution in [2.24, 2.45) is 0 Å². The van der Waals surface area contributed by atoms with Crippen LogP contribution in [0, 0.1) is 0 Å². The second kappa shape index (κ2) is 7.21. The number of aliphatic hydroxyl groups excluding tert-OH is 1. The van der Waals surface area contributed by atoms with E-state index in [0.29, 0.717) is 6.04 Å². The first-order valence-corrected chi connectivity index (χ1v) is 5.47. The van der Waals surface area contributed by atoms with Gasteiger partial charge in [-0.2, -0.15) is 0 Å². The fraction of sp³-hybridized carbons (Fsp3) is 1.00. The van der Waals surface area contributed by atoms with Gasteiger partial charge in [-0.1, -0.05) is 6.92 Å². The molecule has 0 aromatic carbocycles. The van der Waals surface area contributed by atoms with Gasteiger partial charge >= 0.3 is 0 Å². The van der Waals surface area contributed by atoms with Gasteiger partial charge in [0, 0.05) is 25.7 Å². The van der Waals surface area contributed by atoms with Crippen molar-refractivity contribution >= 4 is 0 Å². The molecule has 0 radical (unpaired) electrons. The van der Waals surface area contributed by atoms with Crippen LogP contribution in [0.15, 0.2) is 0 Å². The lowest BCUT2D eigenvalue weighted by atomic mass is 10.1. The molecule has 0 aliphatic heterocycles. The van der Waals surface area contributed by atoms with Gasteiger partial charge in [0.05, 0.1) is 12.7 Å². The van der Waals surface area contributed by atoms with Gasteiger partial charge in [-0.25, -0.2) is 0 Å². The molecule has 0 amide bonds. The third-order valence-corrected chi connectivity index (χ3v) is 2.93. The normalized spacial score (nSPS) is 18.2. The number of methoxy groups -OCH3 is 1. The second-order valence-electron chi connectivity index (χ2n) is 3.97. The molecule has 3 unspecified atom stereocenters. The third-order valence-electron chi connectivity index (χ3n) is 2.93. The summed E-state index contributed by atoms with van der Waals surface area (Å²) in [6.07, 6.45) is 0.807. The Bertz CT molecular complexity index is 139. The van der Waals surface area contributed by atoms with Crippen LogP contribution in [0.4, 0.5) is 0 Å². The zero-order valence-electron chi connectivity index (χ0n) is 10.2. The van der Waals surface area contributed by atoms with Crippen LogP contribution in [0.25, 0.3) is 0 Å². The van der Waals surface area contributed by atoms with E-state index in [1.165, 1.54) is 0 Å². The standard InChI is InChI=1S/C11H25NO2/c1-6-9(2)12(7-8-14-5)10(3)11(4)13/h9-11,13H,6-8H2,1-5H3. The highest BCUT2D eigenvalue weighted by Crippen LogP contribution is 2.11. The van der Waals surface area contributed by atoms with Crippen LogP contribution >= 0.6 is 0 Å². The molecule has 3 heteroatoms. The van der Waals surface area contributed by atoms with E-state index in [2.05, 4.69) is 25.7 Å². The lowest BCUT2D eigenvalue weighted by Crippen LogP contribution is -2.46. The molecule has 0 heterocycles. The van der Waals surface area contributed by atoms with Crippen molar-refractivity contribution in [2.45, 2.75) is 52.3 Å². The van der Waals surface area contributed by atoms with E-state index in [4.69, 9.17) is 4.74 Å². The fourth-order valence-corrected chi connectivity index (χ4v) is 1.53. The number of ether oxygens (including phenoxy) is 1. The van der Waals surface area contributed by atoms with Gasteiger partial charge in [0.25, 0.3) is 0 Å². The summed E-state index contributed by atoms with van der Waals surface area (Å²) < 4.78 is 5.07. The van der Waals surface area contributed by atoms with Crippen molar-refractivity contribution in [3.05, 3.63) is 0 Å². The van der Waals surface area contributed by atoms with Crippen LogP contribution in [-0.2, 0) is 4.74 Å². The zero-order chi connectivity index (χ0) is 11.1. The van der Waals surface area contributed by atoms with Gasteiger partial charge in [0.15, 0.2) is 0 Å². The topological polar surface area (TPSA) is 32.7 Å². The molecule has 0 bridgehead atoms. The summed E-state index contributed by atoms with van der Waals surface area (Å²) in [5.41, 5.74) is 0. The Kier molecular flexibility index (Phi) is 7.15. The third kappa shape index (κ3) is 4.40. The predicted molar refractivity (Wildman–Crippen MR) is 59.5 cm³/mol. The number of nitrogens with zero attached hydrogens (tertiary/aromatic N) is 1. The van der Waals surface area contributed by atoms with E-state index in [1.807, 2.05) is 6.92 Å². The van der Waals surface area contributed by atoms with Crippen LogP contribution < -0.4 is 0 Å². The number of hydrogen-bond acceptors (Lipinski definition) is 3. The summed E-state index contributed by atoms with van der Waals surface area (Å²) in [4.78, 5) is 2.30. The van der Waals surface area contributed by atoms with E-state index in [1.54, 1.807) is 7.11 Å². The summed E-state index contributed by atoms with van der Waals surface area (Å²) >= 11 is 0. The van der Waals surface area contributed by atoms with Crippen molar-refractivity contribution in [3.8, 4) is 0 Å². The summed E-state index contributed by atoms with van der Waals surface area (Å²) in [5, 5.41) is 9.55. The molecule has 3 atom stereocenters. The van der Waals surface area contributed by atoms with E-state index >= 15 is 0 Å². The van der Waals surface area contributed by atoms with Gasteiger partial charge in [0.1, 0.15) is 0 Å². The first kappa shape index (κ1) is 13.9. The predicted octanol–water partition coefficient (Wildman–Crippen LogP) is 1.50. The quantitative estimate of drug-likeness (QED) is 0.680. The lowest BCUT2D eigenvalue weighted by Gasteiger charge is -2.35. The van der Waals surface area contributed by atoms with Crippen LogP contribution in [-0.4, -0.2) is 48.5 Å². The van der Waals surface area contributed by atoms with Crippen molar-refractivity contribution in [2.75, 3.05) is 20.3 Å². The van der Waals surface area contributed by atoms with Gasteiger partial charge in [-0.05, 0) is 27.2 Å². The minimum absolute atomic E-state index is 0.195. The fourth-order valence-electron chi connectivity index (χ4n) is 1.53. The number of aliphatic hydroxyl groups is 1. The van der Waals surface area contributed by atoms with Crippen molar-refractivity contribution in [1.82, 2.24) is 4.90 Å². The van der Waals surface area contributed by atoms with Crippen molar-refractivity contribution in [1.29, 1.82) is 0 Å². The maximum atomic E-state index is 9.55. The highest BCUT2D eigenvalue weighted by Gasteiger charge is 2.21. The first-order chi connectivity index (χ1) is 6.54. The molecule has 0 saturated carbocycles. The van der Waals surface area contributed by atoms with Crippen molar-refractivity contribution in [3.63, 3.8) is 0 Å². The highest BCUT2D eigenvalue weighted by molar-refractivity contribution is 4.76. The SMILES string of the molecule is CCC(C)N(CCOC)C(C)C(C)O. The van der Waals surface area contributed by atoms with Gasteiger partial charge < -0.3 is 9.84 Å². The monoisotopic (exact) mass is 203 g/mol. The largest absolute Gasteiger partial charge is 0.392 e. The van der Waals surface area contributed by atoms with Gasteiger partial charge in [0.2, 0.25) is 0 Å². The molecule has 86 valence electrons. The Balaban J connectivity index is 4.22. The molecular weight excluding hydrogens is 178 g/mol. The highest BCUT2D eigenvalue weighted by atomic mass is 16.5. The van der Waals surface area contributed by atoms with E-state index < -0.39 is 0 Å². The molecule has 3 nitrogen and oxygen atoms in total. The smallest absolute Gasteiger partial charge is 0.0664 e. The zero-order valence-corrected chi connectivity index (χ0v) is 10.2. The Morgan fingerprint density at radius 1 is 1.29 bits per heavy atom.